The second-order valence-electron chi connectivity index (χ2n) is 5.33. The summed E-state index contributed by atoms with van der Waals surface area (Å²) < 4.78 is 5.23. The van der Waals surface area contributed by atoms with E-state index in [1.807, 2.05) is 12.1 Å². The van der Waals surface area contributed by atoms with E-state index in [-0.39, 0.29) is 0 Å². The van der Waals surface area contributed by atoms with Crippen molar-refractivity contribution in [3.8, 4) is 5.75 Å². The Bertz CT molecular complexity index is 560. The van der Waals surface area contributed by atoms with Crippen LogP contribution in [-0.2, 0) is 6.54 Å². The van der Waals surface area contributed by atoms with E-state index in [1.165, 1.54) is 18.4 Å². The molecule has 20 heavy (non-hydrogen) atoms. The minimum Gasteiger partial charge on any atom is -0.497 e. The Hall–Kier alpha value is -1.39. The van der Waals surface area contributed by atoms with Gasteiger partial charge in [0.05, 0.1) is 17.8 Å². The molecule has 0 spiro atoms. The van der Waals surface area contributed by atoms with Crippen LogP contribution in [0.3, 0.4) is 0 Å². The molecule has 0 saturated heterocycles. The predicted octanol–water partition coefficient (Wildman–Crippen LogP) is 3.70. The lowest BCUT2D eigenvalue weighted by Crippen LogP contribution is -2.22. The summed E-state index contributed by atoms with van der Waals surface area (Å²) in [6.07, 6.45) is 2.64. The fourth-order valence-electron chi connectivity index (χ4n) is 2.50. The molecule has 1 heterocycles. The van der Waals surface area contributed by atoms with Gasteiger partial charge in [-0.05, 0) is 43.4 Å². The van der Waals surface area contributed by atoms with E-state index in [2.05, 4.69) is 34.7 Å². The molecule has 4 heteroatoms. The Morgan fingerprint density at radius 3 is 2.65 bits per heavy atom. The molecular formula is C16H20N2OS. The van der Waals surface area contributed by atoms with Gasteiger partial charge in [-0.3, -0.25) is 0 Å². The van der Waals surface area contributed by atoms with Crippen molar-refractivity contribution >= 4 is 11.3 Å². The van der Waals surface area contributed by atoms with Crippen LogP contribution < -0.4 is 10.1 Å². The average molecular weight is 288 g/mol. The molecule has 3 rings (SSSR count). The zero-order chi connectivity index (χ0) is 13.9. The van der Waals surface area contributed by atoms with E-state index in [0.717, 1.165) is 28.9 Å². The number of methoxy groups -OCH3 is 1. The lowest BCUT2D eigenvalue weighted by Gasteiger charge is -2.18. The van der Waals surface area contributed by atoms with Crippen LogP contribution in [0.4, 0.5) is 0 Å². The maximum Gasteiger partial charge on any atom is 0.118 e. The summed E-state index contributed by atoms with van der Waals surface area (Å²) in [4.78, 5) is 4.52. The molecule has 106 valence electrons. The predicted molar refractivity (Wildman–Crippen MR) is 82.1 cm³/mol. The Labute approximate surface area is 124 Å². The maximum absolute atomic E-state index is 5.23. The molecule has 1 aliphatic carbocycles. The van der Waals surface area contributed by atoms with Crippen LogP contribution >= 0.6 is 11.3 Å². The second-order valence-corrected chi connectivity index (χ2v) is 6.39. The number of rotatable bonds is 6. The smallest absolute Gasteiger partial charge is 0.118 e. The standard InChI is InChI=1S/C16H20N2OS/c1-11-18-14(10-20-11)9-17-16(12-3-4-12)13-5-7-15(19-2)8-6-13/h5-8,10,12,16-17H,3-4,9H2,1-2H3. The first kappa shape index (κ1) is 13.6. The fraction of sp³-hybridized carbons (Fsp3) is 0.438. The van der Waals surface area contributed by atoms with Crippen molar-refractivity contribution < 1.29 is 4.74 Å². The highest BCUT2D eigenvalue weighted by Gasteiger charge is 2.32. The van der Waals surface area contributed by atoms with Gasteiger partial charge in [-0.1, -0.05) is 12.1 Å². The quantitative estimate of drug-likeness (QED) is 0.880. The van der Waals surface area contributed by atoms with Crippen LogP contribution in [0.2, 0.25) is 0 Å². The highest BCUT2D eigenvalue weighted by atomic mass is 32.1. The summed E-state index contributed by atoms with van der Waals surface area (Å²) in [5.41, 5.74) is 2.49. The minimum absolute atomic E-state index is 0.433. The van der Waals surface area contributed by atoms with E-state index >= 15 is 0 Å². The summed E-state index contributed by atoms with van der Waals surface area (Å²) in [7, 11) is 1.70. The molecule has 3 nitrogen and oxygen atoms in total. The summed E-state index contributed by atoms with van der Waals surface area (Å²) in [6.45, 7) is 2.90. The molecule has 1 fully saturated rings. The number of hydrogen-bond acceptors (Lipinski definition) is 4. The number of thiazole rings is 1. The Morgan fingerprint density at radius 2 is 2.10 bits per heavy atom. The largest absolute Gasteiger partial charge is 0.497 e. The van der Waals surface area contributed by atoms with Crippen LogP contribution in [0, 0.1) is 12.8 Å². The molecule has 1 unspecified atom stereocenters. The molecule has 0 aliphatic heterocycles. The maximum atomic E-state index is 5.23. The van der Waals surface area contributed by atoms with Crippen molar-refractivity contribution in [3.63, 3.8) is 0 Å². The van der Waals surface area contributed by atoms with Gasteiger partial charge >= 0.3 is 0 Å². The van der Waals surface area contributed by atoms with Gasteiger partial charge < -0.3 is 10.1 Å². The zero-order valence-electron chi connectivity index (χ0n) is 11.9. The first-order chi connectivity index (χ1) is 9.76. The molecule has 1 aromatic heterocycles. The minimum atomic E-state index is 0.433. The van der Waals surface area contributed by atoms with Gasteiger partial charge in [0.1, 0.15) is 5.75 Å². The van der Waals surface area contributed by atoms with E-state index in [9.17, 15) is 0 Å². The third-order valence-corrected chi connectivity index (χ3v) is 4.56. The third-order valence-electron chi connectivity index (χ3n) is 3.74. The normalized spacial score (nSPS) is 16.1. The number of ether oxygens (including phenoxy) is 1. The van der Waals surface area contributed by atoms with E-state index in [4.69, 9.17) is 4.74 Å². The van der Waals surface area contributed by atoms with Gasteiger partial charge in [-0.15, -0.1) is 11.3 Å². The molecular weight excluding hydrogens is 268 g/mol. The van der Waals surface area contributed by atoms with Gasteiger partial charge in [0.15, 0.2) is 0 Å². The Morgan fingerprint density at radius 1 is 1.35 bits per heavy atom. The Kier molecular flexibility index (Phi) is 4.03. The van der Waals surface area contributed by atoms with Gasteiger partial charge in [-0.25, -0.2) is 4.98 Å². The number of benzene rings is 1. The zero-order valence-corrected chi connectivity index (χ0v) is 12.7. The third kappa shape index (κ3) is 3.19. The van der Waals surface area contributed by atoms with Gasteiger partial charge in [-0.2, -0.15) is 0 Å². The van der Waals surface area contributed by atoms with Gasteiger partial charge in [0.2, 0.25) is 0 Å². The lowest BCUT2D eigenvalue weighted by atomic mass is 10.0. The fourth-order valence-corrected chi connectivity index (χ4v) is 3.11. The number of nitrogens with zero attached hydrogens (tertiary/aromatic N) is 1. The van der Waals surface area contributed by atoms with Crippen molar-refractivity contribution in [2.75, 3.05) is 7.11 Å². The van der Waals surface area contributed by atoms with Crippen LogP contribution in [0.1, 0.15) is 35.1 Å². The van der Waals surface area contributed by atoms with Crippen molar-refractivity contribution in [1.82, 2.24) is 10.3 Å². The number of aromatic nitrogens is 1. The van der Waals surface area contributed by atoms with Crippen LogP contribution in [0.25, 0.3) is 0 Å². The lowest BCUT2D eigenvalue weighted by molar-refractivity contribution is 0.413. The molecule has 1 aromatic carbocycles. The molecule has 1 saturated carbocycles. The summed E-state index contributed by atoms with van der Waals surface area (Å²) >= 11 is 1.71. The number of nitrogens with one attached hydrogen (secondary N) is 1. The van der Waals surface area contributed by atoms with Gasteiger partial charge in [0, 0.05) is 18.0 Å². The van der Waals surface area contributed by atoms with Crippen LogP contribution in [0.15, 0.2) is 29.6 Å². The molecule has 2 aromatic rings. The van der Waals surface area contributed by atoms with Crippen molar-refractivity contribution in [1.29, 1.82) is 0 Å². The van der Waals surface area contributed by atoms with E-state index in [0.29, 0.717) is 6.04 Å². The summed E-state index contributed by atoms with van der Waals surface area (Å²) in [5, 5.41) is 6.94. The first-order valence-electron chi connectivity index (χ1n) is 7.04. The Balaban J connectivity index is 1.68. The molecule has 1 aliphatic rings. The summed E-state index contributed by atoms with van der Waals surface area (Å²) in [6, 6.07) is 8.85. The van der Waals surface area contributed by atoms with Crippen LogP contribution in [0.5, 0.6) is 5.75 Å². The number of hydrogen-bond donors (Lipinski definition) is 1. The van der Waals surface area contributed by atoms with E-state index < -0.39 is 0 Å². The molecule has 0 bridgehead atoms. The SMILES string of the molecule is COc1ccc(C(NCc2csc(C)n2)C2CC2)cc1. The highest BCUT2D eigenvalue weighted by molar-refractivity contribution is 7.09. The van der Waals surface area contributed by atoms with Crippen molar-refractivity contribution in [2.24, 2.45) is 5.92 Å². The molecule has 0 amide bonds. The van der Waals surface area contributed by atoms with E-state index in [1.54, 1.807) is 18.4 Å². The number of aryl methyl sites for hydroxylation is 1. The topological polar surface area (TPSA) is 34.1 Å². The van der Waals surface area contributed by atoms with Crippen LogP contribution in [-0.4, -0.2) is 12.1 Å². The van der Waals surface area contributed by atoms with Gasteiger partial charge in [0.25, 0.3) is 0 Å². The van der Waals surface area contributed by atoms with Crippen molar-refractivity contribution in [3.05, 3.63) is 45.9 Å². The molecule has 1 atom stereocenters. The average Bonchev–Trinajstić information content (AvgIpc) is 3.22. The summed E-state index contributed by atoms with van der Waals surface area (Å²) in [5.74, 6) is 1.68. The highest BCUT2D eigenvalue weighted by Crippen LogP contribution is 2.41. The molecule has 1 N–H and O–H groups in total. The van der Waals surface area contributed by atoms with Crippen molar-refractivity contribution in [2.45, 2.75) is 32.4 Å². The first-order valence-corrected chi connectivity index (χ1v) is 7.92. The monoisotopic (exact) mass is 288 g/mol. The second kappa shape index (κ2) is 5.94. The molecule has 0 radical (unpaired) electrons.